The summed E-state index contributed by atoms with van der Waals surface area (Å²) < 4.78 is 26.8. The average molecular weight is 336 g/mol. The number of aromatic nitrogens is 2. The highest BCUT2D eigenvalue weighted by Gasteiger charge is 2.22. The number of nitrogens with one attached hydrogen (secondary N) is 3. The minimum absolute atomic E-state index is 0.0806. The summed E-state index contributed by atoms with van der Waals surface area (Å²) in [5, 5.41) is 9.18. The Hall–Kier alpha value is -2.19. The molecule has 23 heavy (non-hydrogen) atoms. The third-order valence-corrected chi connectivity index (χ3v) is 5.29. The fourth-order valence-electron chi connectivity index (χ4n) is 2.25. The number of hydrogen-bond donors (Lipinski definition) is 3. The van der Waals surface area contributed by atoms with Crippen LogP contribution in [0.5, 0.6) is 0 Å². The first kappa shape index (κ1) is 17.2. The predicted molar refractivity (Wildman–Crippen MR) is 87.8 cm³/mol. The third kappa shape index (κ3) is 3.77. The second-order valence-electron chi connectivity index (χ2n) is 5.38. The van der Waals surface area contributed by atoms with Gasteiger partial charge < -0.3 is 5.32 Å². The molecule has 7 nitrogen and oxygen atoms in total. The molecule has 1 aromatic heterocycles. The zero-order chi connectivity index (χ0) is 17.2. The summed E-state index contributed by atoms with van der Waals surface area (Å²) in [5.74, 6) is -0.430. The molecule has 0 aliphatic rings. The quantitative estimate of drug-likeness (QED) is 0.771. The Labute approximate surface area is 135 Å². The van der Waals surface area contributed by atoms with E-state index in [0.29, 0.717) is 17.1 Å². The topological polar surface area (TPSA) is 104 Å². The molecular weight excluding hydrogens is 316 g/mol. The first-order valence-corrected chi connectivity index (χ1v) is 8.58. The van der Waals surface area contributed by atoms with Crippen molar-refractivity contribution in [2.75, 3.05) is 11.9 Å². The van der Waals surface area contributed by atoms with E-state index in [2.05, 4.69) is 20.2 Å². The molecule has 2 rings (SSSR count). The van der Waals surface area contributed by atoms with Gasteiger partial charge in [0.2, 0.25) is 15.9 Å². The van der Waals surface area contributed by atoms with Crippen LogP contribution >= 0.6 is 0 Å². The Morgan fingerprint density at radius 1 is 1.22 bits per heavy atom. The Bertz CT molecular complexity index is 821. The summed E-state index contributed by atoms with van der Waals surface area (Å²) in [7, 11) is -3.79. The summed E-state index contributed by atoms with van der Waals surface area (Å²) in [6.07, 6.45) is 0. The minimum atomic E-state index is -3.79. The van der Waals surface area contributed by atoms with E-state index >= 15 is 0 Å². The van der Waals surface area contributed by atoms with Crippen molar-refractivity contribution in [2.24, 2.45) is 0 Å². The number of aryl methyl sites for hydroxylation is 3. The van der Waals surface area contributed by atoms with E-state index in [-0.39, 0.29) is 11.4 Å². The molecule has 0 radical (unpaired) electrons. The number of sulfonamides is 1. The van der Waals surface area contributed by atoms with Crippen LogP contribution in [0.2, 0.25) is 0 Å². The van der Waals surface area contributed by atoms with Crippen molar-refractivity contribution in [3.63, 3.8) is 0 Å². The van der Waals surface area contributed by atoms with Crippen LogP contribution < -0.4 is 10.0 Å². The normalized spacial score (nSPS) is 11.5. The van der Waals surface area contributed by atoms with Gasteiger partial charge in [0.15, 0.2) is 0 Å². The number of anilines is 1. The standard InChI is InChI=1S/C15H20N4O3S/c1-9-6-5-7-13(10(9)2)17-14(20)8-16-23(21,22)15-11(3)18-19-12(15)4/h5-7,16H,8H2,1-4H3,(H,17,20)(H,18,19). The van der Waals surface area contributed by atoms with E-state index < -0.39 is 15.9 Å². The second-order valence-corrected chi connectivity index (χ2v) is 7.09. The zero-order valence-electron chi connectivity index (χ0n) is 13.5. The predicted octanol–water partition coefficient (Wildman–Crippen LogP) is 1.56. The van der Waals surface area contributed by atoms with E-state index in [1.165, 1.54) is 0 Å². The molecule has 0 saturated carbocycles. The smallest absolute Gasteiger partial charge is 0.244 e. The van der Waals surface area contributed by atoms with Crippen LogP contribution in [0.3, 0.4) is 0 Å². The van der Waals surface area contributed by atoms with Crippen LogP contribution in [0.4, 0.5) is 5.69 Å². The van der Waals surface area contributed by atoms with Crippen LogP contribution in [0.25, 0.3) is 0 Å². The number of benzene rings is 1. The first-order chi connectivity index (χ1) is 10.7. The number of aromatic amines is 1. The highest BCUT2D eigenvalue weighted by atomic mass is 32.2. The number of hydrogen-bond acceptors (Lipinski definition) is 4. The van der Waals surface area contributed by atoms with Crippen molar-refractivity contribution < 1.29 is 13.2 Å². The van der Waals surface area contributed by atoms with E-state index in [1.807, 2.05) is 26.0 Å². The minimum Gasteiger partial charge on any atom is -0.325 e. The lowest BCUT2D eigenvalue weighted by molar-refractivity contribution is -0.115. The van der Waals surface area contributed by atoms with Gasteiger partial charge in [-0.05, 0) is 44.9 Å². The maximum absolute atomic E-state index is 12.3. The second kappa shape index (κ2) is 6.51. The van der Waals surface area contributed by atoms with Gasteiger partial charge >= 0.3 is 0 Å². The molecule has 0 aliphatic heterocycles. The van der Waals surface area contributed by atoms with Gasteiger partial charge in [-0.1, -0.05) is 12.1 Å². The molecule has 1 amide bonds. The molecule has 0 atom stereocenters. The van der Waals surface area contributed by atoms with Crippen molar-refractivity contribution in [3.8, 4) is 0 Å². The van der Waals surface area contributed by atoms with Gasteiger partial charge in [0.25, 0.3) is 0 Å². The van der Waals surface area contributed by atoms with Gasteiger partial charge in [0.1, 0.15) is 4.90 Å². The molecule has 1 heterocycles. The van der Waals surface area contributed by atoms with Gasteiger partial charge in [0.05, 0.1) is 17.9 Å². The third-order valence-electron chi connectivity index (χ3n) is 3.63. The number of amides is 1. The Balaban J connectivity index is 2.06. The fraction of sp³-hybridized carbons (Fsp3) is 0.333. The highest BCUT2D eigenvalue weighted by molar-refractivity contribution is 7.89. The zero-order valence-corrected chi connectivity index (χ0v) is 14.3. The summed E-state index contributed by atoms with van der Waals surface area (Å²) in [6.45, 7) is 6.70. The molecule has 2 aromatic rings. The monoisotopic (exact) mass is 336 g/mol. The van der Waals surface area contributed by atoms with Gasteiger partial charge in [0, 0.05) is 5.69 Å². The first-order valence-electron chi connectivity index (χ1n) is 7.09. The SMILES string of the molecule is Cc1cccc(NC(=O)CNS(=O)(=O)c2c(C)n[nH]c2C)c1C. The summed E-state index contributed by atoms with van der Waals surface area (Å²) in [4.78, 5) is 12.1. The van der Waals surface area contributed by atoms with Crippen LogP contribution in [-0.4, -0.2) is 31.1 Å². The van der Waals surface area contributed by atoms with Crippen LogP contribution in [0.15, 0.2) is 23.1 Å². The van der Waals surface area contributed by atoms with E-state index in [4.69, 9.17) is 0 Å². The lowest BCUT2D eigenvalue weighted by atomic mass is 10.1. The number of nitrogens with zero attached hydrogens (tertiary/aromatic N) is 1. The molecule has 0 saturated heterocycles. The van der Waals surface area contributed by atoms with Crippen molar-refractivity contribution >= 4 is 21.6 Å². The highest BCUT2D eigenvalue weighted by Crippen LogP contribution is 2.18. The van der Waals surface area contributed by atoms with Gasteiger partial charge in [-0.2, -0.15) is 5.10 Å². The summed E-state index contributed by atoms with van der Waals surface area (Å²) >= 11 is 0. The molecule has 3 N–H and O–H groups in total. The molecule has 0 aliphatic carbocycles. The number of rotatable bonds is 5. The van der Waals surface area contributed by atoms with Gasteiger partial charge in [-0.3, -0.25) is 9.89 Å². The average Bonchev–Trinajstić information content (AvgIpc) is 2.82. The maximum atomic E-state index is 12.3. The molecule has 124 valence electrons. The lowest BCUT2D eigenvalue weighted by Gasteiger charge is -2.11. The maximum Gasteiger partial charge on any atom is 0.244 e. The van der Waals surface area contributed by atoms with E-state index in [1.54, 1.807) is 19.9 Å². The molecule has 0 fully saturated rings. The number of carbonyl (C=O) groups is 1. The van der Waals surface area contributed by atoms with Crippen LogP contribution in [-0.2, 0) is 14.8 Å². The summed E-state index contributed by atoms with van der Waals surface area (Å²) in [6, 6.07) is 5.55. The molecule has 8 heteroatoms. The summed E-state index contributed by atoms with van der Waals surface area (Å²) in [5.41, 5.74) is 3.47. The van der Waals surface area contributed by atoms with E-state index in [0.717, 1.165) is 11.1 Å². The Morgan fingerprint density at radius 2 is 1.91 bits per heavy atom. The molecule has 0 bridgehead atoms. The van der Waals surface area contributed by atoms with Crippen molar-refractivity contribution in [1.82, 2.24) is 14.9 Å². The van der Waals surface area contributed by atoms with Gasteiger partial charge in [-0.15, -0.1) is 0 Å². The van der Waals surface area contributed by atoms with Crippen LogP contribution in [0, 0.1) is 27.7 Å². The molecule has 0 spiro atoms. The molecule has 1 aromatic carbocycles. The fourth-order valence-corrected chi connectivity index (χ4v) is 3.60. The Morgan fingerprint density at radius 3 is 2.52 bits per heavy atom. The lowest BCUT2D eigenvalue weighted by Crippen LogP contribution is -2.33. The number of H-pyrrole nitrogens is 1. The van der Waals surface area contributed by atoms with E-state index in [9.17, 15) is 13.2 Å². The van der Waals surface area contributed by atoms with Gasteiger partial charge in [-0.25, -0.2) is 13.1 Å². The Kier molecular flexibility index (Phi) is 4.86. The molecule has 0 unspecified atom stereocenters. The molecular formula is C15H20N4O3S. The largest absolute Gasteiger partial charge is 0.325 e. The van der Waals surface area contributed by atoms with Crippen LogP contribution in [0.1, 0.15) is 22.5 Å². The van der Waals surface area contributed by atoms with Crippen molar-refractivity contribution in [3.05, 3.63) is 40.7 Å². The van der Waals surface area contributed by atoms with Crippen molar-refractivity contribution in [1.29, 1.82) is 0 Å². The van der Waals surface area contributed by atoms with Crippen molar-refractivity contribution in [2.45, 2.75) is 32.6 Å². The number of carbonyl (C=O) groups excluding carboxylic acids is 1.